The number of carbonyl (C=O) groups is 3. The van der Waals surface area contributed by atoms with Gasteiger partial charge in [-0.05, 0) is 43.4 Å². The number of carbonyl (C=O) groups excluding carboxylic acids is 3. The number of hydrazine groups is 1. The summed E-state index contributed by atoms with van der Waals surface area (Å²) in [5.74, 6) is 0.319. The lowest BCUT2D eigenvalue weighted by molar-refractivity contribution is -0.684. The second-order valence-corrected chi connectivity index (χ2v) is 7.35. The van der Waals surface area contributed by atoms with Gasteiger partial charge >= 0.3 is 0 Å². The van der Waals surface area contributed by atoms with Crippen LogP contribution in [-0.4, -0.2) is 24.1 Å². The molecule has 1 unspecified atom stereocenters. The Morgan fingerprint density at radius 2 is 1.90 bits per heavy atom. The normalized spacial score (nSPS) is 15.7. The number of pyridine rings is 1. The predicted octanol–water partition coefficient (Wildman–Crippen LogP) is -0.999. The minimum Gasteiger partial charge on any atom is -1.00 e. The molecule has 160 valence electrons. The third-order valence-electron chi connectivity index (χ3n) is 4.97. The van der Waals surface area contributed by atoms with E-state index >= 15 is 0 Å². The zero-order valence-corrected chi connectivity index (χ0v) is 18.4. The number of nitrogens with zero attached hydrogens (tertiary/aromatic N) is 1. The third-order valence-corrected chi connectivity index (χ3v) is 4.97. The summed E-state index contributed by atoms with van der Waals surface area (Å²) in [6.45, 7) is 0.731. The van der Waals surface area contributed by atoms with E-state index in [1.807, 2.05) is 30.3 Å². The zero-order chi connectivity index (χ0) is 20.5. The molecule has 0 radical (unpaired) electrons. The van der Waals surface area contributed by atoms with Crippen LogP contribution in [-0.2, 0) is 16.1 Å². The number of amides is 2. The average Bonchev–Trinajstić information content (AvgIpc) is 2.72. The standard InChI is InChI=1S/C22H26N4O3.BrH/c27-20-10-4-6-17(14-20)11-12-23-25-22(29)18-7-5-13-26(15-18)16-21(28)24-19-8-2-1-3-9-19;/h1-3,5,7-9,13,15,17,23H,4,6,10-12,14,16H2,(H-,24,25,28,29);1H. The maximum absolute atomic E-state index is 12.3. The number of hydrogen-bond acceptors (Lipinski definition) is 4. The lowest BCUT2D eigenvalue weighted by atomic mass is 9.86. The summed E-state index contributed by atoms with van der Waals surface area (Å²) in [5.41, 5.74) is 6.81. The second-order valence-electron chi connectivity index (χ2n) is 7.35. The van der Waals surface area contributed by atoms with Gasteiger partial charge in [-0.2, -0.15) is 4.57 Å². The van der Waals surface area contributed by atoms with Crippen molar-refractivity contribution in [2.45, 2.75) is 38.6 Å². The lowest BCUT2D eigenvalue weighted by Gasteiger charge is -2.20. The molecule has 0 saturated heterocycles. The third kappa shape index (κ3) is 7.68. The van der Waals surface area contributed by atoms with Crippen molar-refractivity contribution in [3.05, 3.63) is 60.4 Å². The fraction of sp³-hybridized carbons (Fsp3) is 0.364. The van der Waals surface area contributed by atoms with Gasteiger partial charge in [0.15, 0.2) is 12.4 Å². The summed E-state index contributed by atoms with van der Waals surface area (Å²) in [7, 11) is 0. The Bertz CT molecular complexity index is 860. The minimum atomic E-state index is -0.262. The molecule has 1 aliphatic rings. The van der Waals surface area contributed by atoms with Crippen molar-refractivity contribution >= 4 is 23.3 Å². The van der Waals surface area contributed by atoms with Crippen LogP contribution in [0.5, 0.6) is 0 Å². The molecule has 1 heterocycles. The van der Waals surface area contributed by atoms with Crippen molar-refractivity contribution in [2.75, 3.05) is 11.9 Å². The molecule has 1 aromatic heterocycles. The second kappa shape index (κ2) is 12.2. The highest BCUT2D eigenvalue weighted by Gasteiger charge is 2.19. The van der Waals surface area contributed by atoms with Crippen molar-refractivity contribution < 1.29 is 35.9 Å². The number of ketones is 1. The Labute approximate surface area is 187 Å². The van der Waals surface area contributed by atoms with E-state index in [2.05, 4.69) is 16.2 Å². The first-order chi connectivity index (χ1) is 14.1. The molecule has 8 heteroatoms. The van der Waals surface area contributed by atoms with Crippen LogP contribution in [0.25, 0.3) is 0 Å². The van der Waals surface area contributed by atoms with E-state index in [1.54, 1.807) is 29.1 Å². The van der Waals surface area contributed by atoms with E-state index in [4.69, 9.17) is 0 Å². The van der Waals surface area contributed by atoms with Crippen molar-refractivity contribution in [3.8, 4) is 0 Å². The maximum atomic E-state index is 12.3. The molecule has 2 aromatic rings. The first-order valence-corrected chi connectivity index (χ1v) is 9.99. The summed E-state index contributed by atoms with van der Waals surface area (Å²) < 4.78 is 1.67. The van der Waals surface area contributed by atoms with Gasteiger partial charge in [0.05, 0.1) is 0 Å². The highest BCUT2D eigenvalue weighted by molar-refractivity contribution is 5.93. The van der Waals surface area contributed by atoms with Crippen LogP contribution in [0.2, 0.25) is 0 Å². The van der Waals surface area contributed by atoms with Gasteiger partial charge in [0.1, 0.15) is 11.3 Å². The highest BCUT2D eigenvalue weighted by atomic mass is 79.9. The van der Waals surface area contributed by atoms with Crippen LogP contribution in [0.3, 0.4) is 0 Å². The van der Waals surface area contributed by atoms with E-state index in [0.29, 0.717) is 36.7 Å². The van der Waals surface area contributed by atoms with E-state index < -0.39 is 0 Å². The predicted molar refractivity (Wildman–Crippen MR) is 109 cm³/mol. The number of nitrogens with one attached hydrogen (secondary N) is 3. The van der Waals surface area contributed by atoms with Crippen LogP contribution in [0.4, 0.5) is 5.69 Å². The number of halogens is 1. The molecule has 0 spiro atoms. The molecule has 0 aliphatic heterocycles. The Balaban J connectivity index is 0.00000320. The van der Waals surface area contributed by atoms with Gasteiger partial charge in [-0.3, -0.25) is 19.8 Å². The summed E-state index contributed by atoms with van der Waals surface area (Å²) in [4.78, 5) is 36.0. The van der Waals surface area contributed by atoms with E-state index in [-0.39, 0.29) is 35.3 Å². The Morgan fingerprint density at radius 3 is 2.67 bits per heavy atom. The topological polar surface area (TPSA) is 91.2 Å². The monoisotopic (exact) mass is 474 g/mol. The molecule has 1 saturated carbocycles. The van der Waals surface area contributed by atoms with Crippen LogP contribution in [0.15, 0.2) is 54.9 Å². The number of rotatable bonds is 8. The van der Waals surface area contributed by atoms with Crippen molar-refractivity contribution in [3.63, 3.8) is 0 Å². The number of anilines is 1. The van der Waals surface area contributed by atoms with E-state index in [0.717, 1.165) is 24.9 Å². The maximum Gasteiger partial charge on any atom is 0.290 e. The average molecular weight is 475 g/mol. The van der Waals surface area contributed by atoms with E-state index in [1.165, 1.54) is 0 Å². The molecule has 3 N–H and O–H groups in total. The molecule has 1 fully saturated rings. The molecular weight excluding hydrogens is 448 g/mol. The molecule has 3 rings (SSSR count). The Hall–Kier alpha value is -2.58. The van der Waals surface area contributed by atoms with Gasteiger partial charge in [0, 0.05) is 31.1 Å². The van der Waals surface area contributed by atoms with Crippen molar-refractivity contribution in [1.29, 1.82) is 0 Å². The molecule has 1 aliphatic carbocycles. The summed E-state index contributed by atoms with van der Waals surface area (Å²) >= 11 is 0. The molecule has 0 bridgehead atoms. The Morgan fingerprint density at radius 1 is 1.10 bits per heavy atom. The van der Waals surface area contributed by atoms with Gasteiger partial charge < -0.3 is 22.3 Å². The fourth-order valence-electron chi connectivity index (χ4n) is 3.49. The quantitative estimate of drug-likeness (QED) is 0.260. The molecule has 30 heavy (non-hydrogen) atoms. The number of Topliss-reactive ketones (excluding diaryl/α,β-unsaturated/α-hetero) is 1. The van der Waals surface area contributed by atoms with Crippen LogP contribution in [0, 0.1) is 5.92 Å². The summed E-state index contributed by atoms with van der Waals surface area (Å²) in [6.07, 6.45) is 7.65. The Kier molecular flexibility index (Phi) is 9.63. The van der Waals surface area contributed by atoms with Gasteiger partial charge in [-0.1, -0.05) is 18.2 Å². The number of para-hydroxylation sites is 1. The molecule has 1 aromatic carbocycles. The van der Waals surface area contributed by atoms with E-state index in [9.17, 15) is 14.4 Å². The molecule has 7 nitrogen and oxygen atoms in total. The number of aromatic nitrogens is 1. The van der Waals surface area contributed by atoms with Gasteiger partial charge in [-0.15, -0.1) is 0 Å². The highest BCUT2D eigenvalue weighted by Crippen LogP contribution is 2.23. The minimum absolute atomic E-state index is 0. The number of hydrogen-bond donors (Lipinski definition) is 3. The van der Waals surface area contributed by atoms with Gasteiger partial charge in [0.2, 0.25) is 6.54 Å². The van der Waals surface area contributed by atoms with Crippen LogP contribution in [0.1, 0.15) is 42.5 Å². The SMILES string of the molecule is O=C1CCCC(CCNNC(=O)c2ccc[n+](CC(=O)Nc3ccccc3)c2)C1.[Br-]. The largest absolute Gasteiger partial charge is 1.00 e. The first-order valence-electron chi connectivity index (χ1n) is 9.99. The summed E-state index contributed by atoms with van der Waals surface area (Å²) in [6, 6.07) is 12.7. The van der Waals surface area contributed by atoms with Gasteiger partial charge in [0.25, 0.3) is 11.8 Å². The van der Waals surface area contributed by atoms with Crippen LogP contribution < -0.4 is 37.7 Å². The summed E-state index contributed by atoms with van der Waals surface area (Å²) in [5, 5.41) is 2.82. The lowest BCUT2D eigenvalue weighted by Crippen LogP contribution is -3.00. The van der Waals surface area contributed by atoms with Crippen molar-refractivity contribution in [2.24, 2.45) is 5.92 Å². The van der Waals surface area contributed by atoms with Crippen LogP contribution >= 0.6 is 0 Å². The molecule has 2 amide bonds. The fourth-order valence-corrected chi connectivity index (χ4v) is 3.49. The van der Waals surface area contributed by atoms with Crippen molar-refractivity contribution in [1.82, 2.24) is 10.9 Å². The molecule has 1 atom stereocenters. The number of benzene rings is 1. The first kappa shape index (κ1) is 23.7. The molecular formula is C22H27BrN4O3. The zero-order valence-electron chi connectivity index (χ0n) is 16.8. The smallest absolute Gasteiger partial charge is 0.290 e. The van der Waals surface area contributed by atoms with Gasteiger partial charge in [-0.25, -0.2) is 5.43 Å².